The molecule has 7 heteroatoms. The van der Waals surface area contributed by atoms with E-state index in [0.717, 1.165) is 5.56 Å². The first-order valence-electron chi connectivity index (χ1n) is 10.2. The van der Waals surface area contributed by atoms with Gasteiger partial charge in [0, 0.05) is 30.3 Å². The maximum Gasteiger partial charge on any atom is 0.260 e. The summed E-state index contributed by atoms with van der Waals surface area (Å²) < 4.78 is 0. The average molecular weight is 412 g/mol. The second-order valence-corrected chi connectivity index (χ2v) is 7.55. The number of nitrogens with one attached hydrogen (secondary N) is 1. The molecule has 0 aliphatic carbocycles. The van der Waals surface area contributed by atoms with Crippen LogP contribution in [-0.4, -0.2) is 34.2 Å². The highest BCUT2D eigenvalue weighted by Gasteiger charge is 2.47. The lowest BCUT2D eigenvalue weighted by atomic mass is 10.0. The average Bonchev–Trinajstić information content (AvgIpc) is 3.09. The zero-order valence-corrected chi connectivity index (χ0v) is 16.7. The zero-order valence-electron chi connectivity index (χ0n) is 16.7. The van der Waals surface area contributed by atoms with Gasteiger partial charge in [-0.1, -0.05) is 30.3 Å². The van der Waals surface area contributed by atoms with E-state index in [2.05, 4.69) is 10.3 Å². The maximum absolute atomic E-state index is 13.3. The molecule has 0 saturated heterocycles. The molecule has 0 saturated carbocycles. The number of aromatic nitrogens is 1. The van der Waals surface area contributed by atoms with Crippen LogP contribution < -0.4 is 10.2 Å². The normalized spacial score (nSPS) is 16.6. The van der Waals surface area contributed by atoms with Gasteiger partial charge in [0.2, 0.25) is 5.91 Å². The van der Waals surface area contributed by atoms with Gasteiger partial charge in [-0.2, -0.15) is 0 Å². The minimum Gasteiger partial charge on any atom is -0.325 e. The lowest BCUT2D eigenvalue weighted by molar-refractivity contribution is -0.116. The Balaban J connectivity index is 1.38. The lowest BCUT2D eigenvalue weighted by Crippen LogP contribution is -2.48. The Morgan fingerprint density at radius 1 is 0.935 bits per heavy atom. The number of anilines is 2. The van der Waals surface area contributed by atoms with E-state index < -0.39 is 6.17 Å². The molecule has 2 aliphatic heterocycles. The molecule has 2 aliphatic rings. The number of hydrogen-bond acceptors (Lipinski definition) is 4. The van der Waals surface area contributed by atoms with Crippen LogP contribution in [0.2, 0.25) is 0 Å². The monoisotopic (exact) mass is 412 g/mol. The molecule has 0 bridgehead atoms. The molecule has 1 unspecified atom stereocenters. The predicted molar refractivity (Wildman–Crippen MR) is 116 cm³/mol. The number of amides is 3. The smallest absolute Gasteiger partial charge is 0.260 e. The van der Waals surface area contributed by atoms with Crippen LogP contribution in [0.5, 0.6) is 0 Å². The van der Waals surface area contributed by atoms with Gasteiger partial charge < -0.3 is 10.2 Å². The largest absolute Gasteiger partial charge is 0.325 e. The Labute approximate surface area is 179 Å². The van der Waals surface area contributed by atoms with Crippen LogP contribution in [0.4, 0.5) is 11.4 Å². The molecule has 3 heterocycles. The van der Waals surface area contributed by atoms with Gasteiger partial charge in [0.15, 0.2) is 0 Å². The van der Waals surface area contributed by atoms with E-state index in [1.54, 1.807) is 52.5 Å². The van der Waals surface area contributed by atoms with Gasteiger partial charge in [0.05, 0.1) is 23.1 Å². The molecule has 3 amide bonds. The SMILES string of the molecule is O=C(CCCN1C(=O)c2ccccc2N2C(=O)c3ccccc3C12)Nc1cccnc1. The summed E-state index contributed by atoms with van der Waals surface area (Å²) in [6.07, 6.45) is 3.46. The molecule has 1 aromatic heterocycles. The molecule has 154 valence electrons. The molecule has 0 fully saturated rings. The van der Waals surface area contributed by atoms with Gasteiger partial charge in [0.25, 0.3) is 11.8 Å². The van der Waals surface area contributed by atoms with Crippen molar-refractivity contribution in [1.29, 1.82) is 0 Å². The first-order chi connectivity index (χ1) is 15.1. The quantitative estimate of drug-likeness (QED) is 0.694. The van der Waals surface area contributed by atoms with Crippen LogP contribution >= 0.6 is 0 Å². The van der Waals surface area contributed by atoms with Crippen molar-refractivity contribution in [3.63, 3.8) is 0 Å². The van der Waals surface area contributed by atoms with Gasteiger partial charge in [-0.05, 0) is 36.8 Å². The maximum atomic E-state index is 13.3. The summed E-state index contributed by atoms with van der Waals surface area (Å²) in [7, 11) is 0. The van der Waals surface area contributed by atoms with Crippen molar-refractivity contribution in [3.8, 4) is 0 Å². The van der Waals surface area contributed by atoms with Crippen molar-refractivity contribution in [2.75, 3.05) is 16.8 Å². The molecule has 0 spiro atoms. The lowest BCUT2D eigenvalue weighted by Gasteiger charge is -2.41. The number of para-hydroxylation sites is 1. The number of hydrogen-bond donors (Lipinski definition) is 1. The van der Waals surface area contributed by atoms with Crippen LogP contribution in [0.15, 0.2) is 73.1 Å². The van der Waals surface area contributed by atoms with E-state index in [-0.39, 0.29) is 24.1 Å². The molecule has 31 heavy (non-hydrogen) atoms. The predicted octanol–water partition coefficient (Wildman–Crippen LogP) is 3.62. The number of carbonyl (C=O) groups excluding carboxylic acids is 3. The summed E-state index contributed by atoms with van der Waals surface area (Å²) in [5.74, 6) is -0.383. The number of carbonyl (C=O) groups is 3. The number of rotatable bonds is 5. The fourth-order valence-corrected chi connectivity index (χ4v) is 4.27. The van der Waals surface area contributed by atoms with Crippen molar-refractivity contribution in [1.82, 2.24) is 9.88 Å². The van der Waals surface area contributed by atoms with Gasteiger partial charge >= 0.3 is 0 Å². The number of fused-ring (bicyclic) bond motifs is 5. The van der Waals surface area contributed by atoms with Crippen LogP contribution in [-0.2, 0) is 4.79 Å². The third kappa shape index (κ3) is 3.24. The first kappa shape index (κ1) is 19.0. The fraction of sp³-hybridized carbons (Fsp3) is 0.167. The molecule has 7 nitrogen and oxygen atoms in total. The molecule has 1 N–H and O–H groups in total. The highest BCUT2D eigenvalue weighted by molar-refractivity contribution is 6.16. The molecule has 5 rings (SSSR count). The second-order valence-electron chi connectivity index (χ2n) is 7.55. The summed E-state index contributed by atoms with van der Waals surface area (Å²) >= 11 is 0. The van der Waals surface area contributed by atoms with E-state index in [1.807, 2.05) is 30.3 Å². The highest BCUT2D eigenvalue weighted by Crippen LogP contribution is 2.45. The summed E-state index contributed by atoms with van der Waals surface area (Å²) in [6, 6.07) is 18.1. The van der Waals surface area contributed by atoms with Crippen molar-refractivity contribution >= 4 is 29.1 Å². The van der Waals surface area contributed by atoms with Crippen LogP contribution in [0.25, 0.3) is 0 Å². The highest BCUT2D eigenvalue weighted by atomic mass is 16.2. The summed E-state index contributed by atoms with van der Waals surface area (Å²) in [5.41, 5.74) is 3.19. The standard InChI is InChI=1S/C24H20N4O3/c29-21(26-16-7-5-13-25-15-16)12-6-14-27-22-17-8-1-2-9-18(17)24(31)28(22)20-11-4-3-10-19(20)23(27)30/h1-5,7-11,13,15,22H,6,12,14H2,(H,26,29). The van der Waals surface area contributed by atoms with Gasteiger partial charge in [0.1, 0.15) is 6.17 Å². The van der Waals surface area contributed by atoms with Crippen molar-refractivity contribution < 1.29 is 14.4 Å². The van der Waals surface area contributed by atoms with Crippen molar-refractivity contribution in [2.24, 2.45) is 0 Å². The third-order valence-corrected chi connectivity index (χ3v) is 5.63. The third-order valence-electron chi connectivity index (χ3n) is 5.63. The topological polar surface area (TPSA) is 82.6 Å². The Hall–Kier alpha value is -4.00. The van der Waals surface area contributed by atoms with Crippen LogP contribution in [0.1, 0.15) is 45.3 Å². The van der Waals surface area contributed by atoms with Crippen LogP contribution in [0, 0.1) is 0 Å². The van der Waals surface area contributed by atoms with Gasteiger partial charge in [-0.3, -0.25) is 24.3 Å². The first-order valence-corrected chi connectivity index (χ1v) is 10.2. The summed E-state index contributed by atoms with van der Waals surface area (Å²) in [4.78, 5) is 46.1. The van der Waals surface area contributed by atoms with E-state index in [4.69, 9.17) is 0 Å². The van der Waals surface area contributed by atoms with Gasteiger partial charge in [-0.25, -0.2) is 0 Å². The Bertz CT molecular complexity index is 1180. The van der Waals surface area contributed by atoms with E-state index in [9.17, 15) is 14.4 Å². The number of pyridine rings is 1. The zero-order chi connectivity index (χ0) is 21.4. The van der Waals surface area contributed by atoms with Crippen LogP contribution in [0.3, 0.4) is 0 Å². The Morgan fingerprint density at radius 3 is 2.52 bits per heavy atom. The molecule has 1 atom stereocenters. The molecule has 2 aromatic carbocycles. The number of nitrogens with zero attached hydrogens (tertiary/aromatic N) is 3. The molecular formula is C24H20N4O3. The van der Waals surface area contributed by atoms with E-state index in [0.29, 0.717) is 35.5 Å². The molecule has 3 aromatic rings. The summed E-state index contributed by atoms with van der Waals surface area (Å²) in [5, 5.41) is 2.81. The van der Waals surface area contributed by atoms with Crippen molar-refractivity contribution in [3.05, 3.63) is 89.7 Å². The van der Waals surface area contributed by atoms with E-state index >= 15 is 0 Å². The van der Waals surface area contributed by atoms with E-state index in [1.165, 1.54) is 0 Å². The fourth-order valence-electron chi connectivity index (χ4n) is 4.27. The van der Waals surface area contributed by atoms with Gasteiger partial charge in [-0.15, -0.1) is 0 Å². The number of benzene rings is 2. The molecule has 0 radical (unpaired) electrons. The minimum absolute atomic E-state index is 0.111. The van der Waals surface area contributed by atoms with Crippen molar-refractivity contribution in [2.45, 2.75) is 19.0 Å². The second kappa shape index (κ2) is 7.68. The Kier molecular flexibility index (Phi) is 4.71. The Morgan fingerprint density at radius 2 is 1.71 bits per heavy atom. The minimum atomic E-state index is -0.493. The summed E-state index contributed by atoms with van der Waals surface area (Å²) in [6.45, 7) is 0.358. The molecular weight excluding hydrogens is 392 g/mol.